The average Bonchev–Trinajstić information content (AvgIpc) is 2.90. The van der Waals surface area contributed by atoms with Crippen LogP contribution in [-0.4, -0.2) is 38.2 Å². The van der Waals surface area contributed by atoms with E-state index in [1.807, 2.05) is 0 Å². The van der Waals surface area contributed by atoms with E-state index in [9.17, 15) is 9.59 Å². The van der Waals surface area contributed by atoms with Crippen molar-refractivity contribution in [1.29, 1.82) is 0 Å². The second-order valence-electron chi connectivity index (χ2n) is 4.36. The molecule has 0 aliphatic carbocycles. The van der Waals surface area contributed by atoms with E-state index in [1.165, 1.54) is 7.11 Å². The standard InChI is InChI=1S/C13H17N3O3/c1-19-12(17)9-3-2-4-10(7-9)15-13(18)16-11-5-6-14-8-11/h2-4,7,11,14H,5-6,8H2,1H3,(H2,15,16,18)/t11-/m1/s1. The van der Waals surface area contributed by atoms with Crippen LogP contribution in [0.2, 0.25) is 0 Å². The Morgan fingerprint density at radius 3 is 2.95 bits per heavy atom. The number of rotatable bonds is 3. The Morgan fingerprint density at radius 2 is 2.26 bits per heavy atom. The molecule has 0 saturated carbocycles. The molecule has 1 aromatic carbocycles. The van der Waals surface area contributed by atoms with Crippen LogP contribution in [0.1, 0.15) is 16.8 Å². The highest BCUT2D eigenvalue weighted by Crippen LogP contribution is 2.11. The van der Waals surface area contributed by atoms with Crippen molar-refractivity contribution in [2.45, 2.75) is 12.5 Å². The van der Waals surface area contributed by atoms with Crippen LogP contribution < -0.4 is 16.0 Å². The van der Waals surface area contributed by atoms with E-state index in [-0.39, 0.29) is 12.1 Å². The van der Waals surface area contributed by atoms with Crippen molar-refractivity contribution >= 4 is 17.7 Å². The first-order valence-corrected chi connectivity index (χ1v) is 6.15. The van der Waals surface area contributed by atoms with E-state index in [4.69, 9.17) is 0 Å². The number of hydrogen-bond donors (Lipinski definition) is 3. The van der Waals surface area contributed by atoms with Gasteiger partial charge in [0.2, 0.25) is 0 Å². The summed E-state index contributed by atoms with van der Waals surface area (Å²) >= 11 is 0. The van der Waals surface area contributed by atoms with Crippen LogP contribution in [0, 0.1) is 0 Å². The van der Waals surface area contributed by atoms with Crippen LogP contribution in [0.3, 0.4) is 0 Å². The van der Waals surface area contributed by atoms with Gasteiger partial charge < -0.3 is 20.7 Å². The molecule has 0 spiro atoms. The summed E-state index contributed by atoms with van der Waals surface area (Å²) in [6.07, 6.45) is 0.926. The maximum absolute atomic E-state index is 11.8. The van der Waals surface area contributed by atoms with Crippen molar-refractivity contribution in [3.8, 4) is 0 Å². The first kappa shape index (κ1) is 13.4. The summed E-state index contributed by atoms with van der Waals surface area (Å²) in [5, 5.41) is 8.73. The van der Waals surface area contributed by atoms with Crippen molar-refractivity contribution in [3.05, 3.63) is 29.8 Å². The van der Waals surface area contributed by atoms with E-state index in [0.29, 0.717) is 11.3 Å². The predicted molar refractivity (Wildman–Crippen MR) is 71.2 cm³/mol. The van der Waals surface area contributed by atoms with Crippen LogP contribution in [-0.2, 0) is 4.74 Å². The normalized spacial score (nSPS) is 17.8. The number of benzene rings is 1. The molecule has 19 heavy (non-hydrogen) atoms. The SMILES string of the molecule is COC(=O)c1cccc(NC(=O)N[C@@H]2CCNC2)c1. The number of carbonyl (C=O) groups excluding carboxylic acids is 2. The first-order chi connectivity index (χ1) is 9.19. The molecular weight excluding hydrogens is 246 g/mol. The van der Waals surface area contributed by atoms with Gasteiger partial charge in [-0.1, -0.05) is 6.07 Å². The zero-order valence-electron chi connectivity index (χ0n) is 10.7. The Hall–Kier alpha value is -2.08. The quantitative estimate of drug-likeness (QED) is 0.710. The van der Waals surface area contributed by atoms with E-state index in [0.717, 1.165) is 19.5 Å². The minimum absolute atomic E-state index is 0.156. The highest BCUT2D eigenvalue weighted by atomic mass is 16.5. The number of methoxy groups -OCH3 is 1. The van der Waals surface area contributed by atoms with Gasteiger partial charge >= 0.3 is 12.0 Å². The van der Waals surface area contributed by atoms with Gasteiger partial charge in [-0.05, 0) is 31.2 Å². The molecule has 1 heterocycles. The minimum Gasteiger partial charge on any atom is -0.465 e. The molecule has 6 heteroatoms. The Labute approximate surface area is 111 Å². The van der Waals surface area contributed by atoms with E-state index >= 15 is 0 Å². The van der Waals surface area contributed by atoms with Gasteiger partial charge in [0.25, 0.3) is 0 Å². The summed E-state index contributed by atoms with van der Waals surface area (Å²) in [5.41, 5.74) is 0.967. The Morgan fingerprint density at radius 1 is 1.42 bits per heavy atom. The fourth-order valence-corrected chi connectivity index (χ4v) is 1.97. The molecule has 1 aliphatic heterocycles. The molecule has 1 fully saturated rings. The van der Waals surface area contributed by atoms with E-state index < -0.39 is 5.97 Å². The number of nitrogens with one attached hydrogen (secondary N) is 3. The van der Waals surface area contributed by atoms with Gasteiger partial charge in [0.15, 0.2) is 0 Å². The van der Waals surface area contributed by atoms with Gasteiger partial charge in [-0.25, -0.2) is 9.59 Å². The van der Waals surface area contributed by atoms with Gasteiger partial charge in [-0.15, -0.1) is 0 Å². The largest absolute Gasteiger partial charge is 0.465 e. The summed E-state index contributed by atoms with van der Waals surface area (Å²) in [5.74, 6) is -0.427. The number of hydrogen-bond acceptors (Lipinski definition) is 4. The van der Waals surface area contributed by atoms with Crippen LogP contribution in [0.15, 0.2) is 24.3 Å². The highest BCUT2D eigenvalue weighted by molar-refractivity contribution is 5.93. The smallest absolute Gasteiger partial charge is 0.337 e. The number of anilines is 1. The van der Waals surface area contributed by atoms with Crippen molar-refractivity contribution in [1.82, 2.24) is 10.6 Å². The molecule has 2 rings (SSSR count). The van der Waals surface area contributed by atoms with Crippen LogP contribution >= 0.6 is 0 Å². The molecule has 1 atom stereocenters. The molecule has 1 aliphatic rings. The van der Waals surface area contributed by atoms with Crippen molar-refractivity contribution in [3.63, 3.8) is 0 Å². The van der Waals surface area contributed by atoms with E-state index in [1.54, 1.807) is 24.3 Å². The summed E-state index contributed by atoms with van der Waals surface area (Å²) < 4.78 is 4.63. The van der Waals surface area contributed by atoms with Crippen molar-refractivity contribution in [2.24, 2.45) is 0 Å². The lowest BCUT2D eigenvalue weighted by Crippen LogP contribution is -2.39. The zero-order valence-corrected chi connectivity index (χ0v) is 10.7. The lowest BCUT2D eigenvalue weighted by Gasteiger charge is -2.12. The lowest BCUT2D eigenvalue weighted by atomic mass is 10.2. The topological polar surface area (TPSA) is 79.5 Å². The summed E-state index contributed by atoms with van der Waals surface area (Å²) in [7, 11) is 1.32. The maximum Gasteiger partial charge on any atom is 0.337 e. The third-order valence-corrected chi connectivity index (χ3v) is 2.94. The first-order valence-electron chi connectivity index (χ1n) is 6.15. The van der Waals surface area contributed by atoms with Crippen molar-refractivity contribution < 1.29 is 14.3 Å². The Bertz CT molecular complexity index is 470. The highest BCUT2D eigenvalue weighted by Gasteiger charge is 2.16. The number of esters is 1. The lowest BCUT2D eigenvalue weighted by molar-refractivity contribution is 0.0600. The molecule has 0 unspecified atom stereocenters. The van der Waals surface area contributed by atoms with Crippen LogP contribution in [0.25, 0.3) is 0 Å². The number of urea groups is 1. The van der Waals surface area contributed by atoms with Gasteiger partial charge in [0.05, 0.1) is 12.7 Å². The summed E-state index contributed by atoms with van der Waals surface area (Å²) in [6, 6.07) is 6.52. The number of amides is 2. The molecule has 3 N–H and O–H groups in total. The maximum atomic E-state index is 11.8. The third-order valence-electron chi connectivity index (χ3n) is 2.94. The molecule has 0 bridgehead atoms. The molecule has 1 aromatic rings. The summed E-state index contributed by atoms with van der Waals surface area (Å²) in [6.45, 7) is 1.71. The van der Waals surface area contributed by atoms with Gasteiger partial charge in [-0.2, -0.15) is 0 Å². The molecular formula is C13H17N3O3. The molecule has 1 saturated heterocycles. The molecule has 0 aromatic heterocycles. The molecule has 102 valence electrons. The minimum atomic E-state index is -0.427. The van der Waals surface area contributed by atoms with Crippen molar-refractivity contribution in [2.75, 3.05) is 25.5 Å². The van der Waals surface area contributed by atoms with Crippen LogP contribution in [0.4, 0.5) is 10.5 Å². The van der Waals surface area contributed by atoms with E-state index in [2.05, 4.69) is 20.7 Å². The molecule has 0 radical (unpaired) electrons. The average molecular weight is 263 g/mol. The number of carbonyl (C=O) groups is 2. The Kier molecular flexibility index (Phi) is 4.35. The second kappa shape index (κ2) is 6.19. The Balaban J connectivity index is 1.94. The van der Waals surface area contributed by atoms with Crippen LogP contribution in [0.5, 0.6) is 0 Å². The summed E-state index contributed by atoms with van der Waals surface area (Å²) in [4.78, 5) is 23.1. The predicted octanol–water partition coefficient (Wildman–Crippen LogP) is 0.957. The fraction of sp³-hybridized carbons (Fsp3) is 0.385. The van der Waals surface area contributed by atoms with Gasteiger partial charge in [-0.3, -0.25) is 0 Å². The fourth-order valence-electron chi connectivity index (χ4n) is 1.97. The molecule has 2 amide bonds. The third kappa shape index (κ3) is 3.69. The molecule has 6 nitrogen and oxygen atoms in total. The second-order valence-corrected chi connectivity index (χ2v) is 4.36. The number of ether oxygens (including phenoxy) is 1. The monoisotopic (exact) mass is 263 g/mol. The van der Waals surface area contributed by atoms with Gasteiger partial charge in [0, 0.05) is 18.3 Å². The van der Waals surface area contributed by atoms with Gasteiger partial charge in [0.1, 0.15) is 0 Å². The zero-order chi connectivity index (χ0) is 13.7.